The third-order valence-corrected chi connectivity index (χ3v) is 7.97. The monoisotopic (exact) mass is 708 g/mol. The van der Waals surface area contributed by atoms with Crippen LogP contribution in [0.2, 0.25) is 0 Å². The number of ether oxygens (including phenoxy) is 4. The first-order chi connectivity index (χ1) is 21.2. The summed E-state index contributed by atoms with van der Waals surface area (Å²) in [7, 11) is -9.09. The van der Waals surface area contributed by atoms with E-state index in [4.69, 9.17) is 27.8 Å². The number of carbonyl (C=O) groups excluding carboxylic acids is 2. The van der Waals surface area contributed by atoms with E-state index >= 15 is 0 Å². The summed E-state index contributed by atoms with van der Waals surface area (Å²) in [6, 6.07) is 0.807. The van der Waals surface area contributed by atoms with Crippen LogP contribution in [0, 0.1) is 5.92 Å². The maximum atomic E-state index is 14.6. The van der Waals surface area contributed by atoms with Gasteiger partial charge in [-0.2, -0.15) is 0 Å². The Morgan fingerprint density at radius 2 is 1.70 bits per heavy atom. The molecule has 6 atom stereocenters. The highest BCUT2D eigenvalue weighted by atomic mass is 31.2. The Bertz CT molecular complexity index is 1390. The number of phosphoric ester groups is 1. The maximum absolute atomic E-state index is 14.6. The molecule has 2 unspecified atom stereocenters. The molecule has 0 aromatic carbocycles. The van der Waals surface area contributed by atoms with Crippen LogP contribution in [0.25, 0.3) is 0 Å². The van der Waals surface area contributed by atoms with Crippen molar-refractivity contribution >= 4 is 27.5 Å². The molecule has 2 heterocycles. The molecule has 1 aromatic heterocycles. The zero-order chi connectivity index (χ0) is 35.1. The minimum Gasteiger partial charge on any atom is -0.438 e. The molecule has 0 spiro atoms. The Morgan fingerprint density at radius 3 is 2.24 bits per heavy atom. The van der Waals surface area contributed by atoms with Crippen molar-refractivity contribution in [2.75, 3.05) is 33.5 Å². The first kappa shape index (κ1) is 39.7. The molecular formula is C24H39FN2O17P2. The molecule has 264 valence electrons. The van der Waals surface area contributed by atoms with Crippen molar-refractivity contribution in [3.05, 3.63) is 33.1 Å². The topological polar surface area (TPSA) is 247 Å². The predicted molar refractivity (Wildman–Crippen MR) is 151 cm³/mol. The van der Waals surface area contributed by atoms with Gasteiger partial charge in [-0.15, -0.1) is 0 Å². The number of aromatic nitrogens is 2. The van der Waals surface area contributed by atoms with E-state index in [-0.39, 0.29) is 12.3 Å². The molecule has 0 aliphatic carbocycles. The Morgan fingerprint density at radius 1 is 1.09 bits per heavy atom. The first-order valence-electron chi connectivity index (χ1n) is 13.6. The summed E-state index contributed by atoms with van der Waals surface area (Å²) in [5.41, 5.74) is -7.30. The molecule has 1 aromatic rings. The average Bonchev–Trinajstić information content (AvgIpc) is 3.11. The number of hydrogen-bond acceptors (Lipinski definition) is 16. The van der Waals surface area contributed by atoms with Crippen molar-refractivity contribution in [3.63, 3.8) is 0 Å². The van der Waals surface area contributed by atoms with Gasteiger partial charge in [-0.3, -0.25) is 27.8 Å². The smallest absolute Gasteiger partial charge is 0.438 e. The number of esters is 1. The van der Waals surface area contributed by atoms with Gasteiger partial charge in [-0.1, -0.05) is 13.8 Å². The minimum atomic E-state index is -4.95. The van der Waals surface area contributed by atoms with E-state index in [1.165, 1.54) is 13.8 Å². The lowest BCUT2D eigenvalue weighted by atomic mass is 9.88. The maximum Gasteiger partial charge on any atom is 0.510 e. The number of carbonyl (C=O) groups is 2. The van der Waals surface area contributed by atoms with Gasteiger partial charge in [0.1, 0.15) is 25.1 Å². The van der Waals surface area contributed by atoms with E-state index in [2.05, 4.69) is 9.26 Å². The van der Waals surface area contributed by atoms with Gasteiger partial charge in [0, 0.05) is 25.3 Å². The lowest BCUT2D eigenvalue weighted by Gasteiger charge is -2.31. The number of hydrogen-bond donors (Lipinski definition) is 3. The molecule has 0 bridgehead atoms. The van der Waals surface area contributed by atoms with E-state index < -0.39 is 102 Å². The average molecular weight is 709 g/mol. The standard InChI is InChI=1S/C24H39FN2O17P2/c1-15(2)9-18(29)37-13-41-46(36,42-14-38-22(32)43-16(3)4)39-11-24(10-25)19(30)23(5,33)20(44-24)26-8-7-17(28)27(21(26)31)12-40-45(6,34)35/h7-8,15-16,19-20,30,33H,9-14H2,1-6H3,(H,34,35)/t19-,20+,23+,24+,46?/m0/s1. The second-order valence-corrected chi connectivity index (χ2v) is 14.6. The summed E-state index contributed by atoms with van der Waals surface area (Å²) in [5, 5.41) is 22.1. The quantitative estimate of drug-likeness (QED) is 0.117. The van der Waals surface area contributed by atoms with Gasteiger partial charge in [-0.25, -0.2) is 32.2 Å². The first-order valence-corrected chi connectivity index (χ1v) is 17.1. The predicted octanol–water partition coefficient (Wildman–Crippen LogP) is 1.37. The van der Waals surface area contributed by atoms with Crippen molar-refractivity contribution in [1.29, 1.82) is 0 Å². The number of aliphatic hydroxyl groups is 2. The SMILES string of the molecule is CC(C)CC(=O)OCOP(=O)(OCOC(=O)OC(C)C)OC[C@@]1(CF)O[C@@H](n2ccc(=O)n(COP(C)(=O)O)c2=O)[C@](C)(O)[C@@H]1O. The molecule has 19 nitrogen and oxygen atoms in total. The summed E-state index contributed by atoms with van der Waals surface area (Å²) in [4.78, 5) is 58.3. The largest absolute Gasteiger partial charge is 0.510 e. The van der Waals surface area contributed by atoms with Crippen LogP contribution in [0.4, 0.5) is 9.18 Å². The van der Waals surface area contributed by atoms with Crippen LogP contribution in [0.5, 0.6) is 0 Å². The van der Waals surface area contributed by atoms with Crippen LogP contribution in [-0.2, 0) is 57.7 Å². The Labute approximate surface area is 262 Å². The van der Waals surface area contributed by atoms with E-state index in [0.717, 1.165) is 25.9 Å². The molecule has 1 aliphatic heterocycles. The van der Waals surface area contributed by atoms with Crippen molar-refractivity contribution in [2.24, 2.45) is 5.92 Å². The fourth-order valence-electron chi connectivity index (χ4n) is 3.88. The zero-order valence-electron chi connectivity index (χ0n) is 25.9. The highest BCUT2D eigenvalue weighted by Gasteiger charge is 2.63. The van der Waals surface area contributed by atoms with Gasteiger partial charge in [-0.05, 0) is 26.7 Å². The molecule has 3 N–H and O–H groups in total. The molecule has 1 saturated heterocycles. The molecule has 46 heavy (non-hydrogen) atoms. The highest BCUT2D eigenvalue weighted by Crippen LogP contribution is 2.52. The zero-order valence-corrected chi connectivity index (χ0v) is 27.7. The van der Waals surface area contributed by atoms with E-state index in [1.54, 1.807) is 13.8 Å². The summed E-state index contributed by atoms with van der Waals surface area (Å²) in [6.07, 6.45) is -5.14. The number of halogens is 1. The lowest BCUT2D eigenvalue weighted by Crippen LogP contribution is -2.53. The summed E-state index contributed by atoms with van der Waals surface area (Å²) in [6.45, 7) is 2.35. The van der Waals surface area contributed by atoms with Gasteiger partial charge < -0.3 is 34.1 Å². The van der Waals surface area contributed by atoms with Crippen LogP contribution in [0.15, 0.2) is 21.9 Å². The van der Waals surface area contributed by atoms with Crippen LogP contribution in [0.1, 0.15) is 47.3 Å². The highest BCUT2D eigenvalue weighted by molar-refractivity contribution is 7.51. The van der Waals surface area contributed by atoms with Crippen LogP contribution in [0.3, 0.4) is 0 Å². The van der Waals surface area contributed by atoms with Gasteiger partial charge >= 0.3 is 33.2 Å². The minimum absolute atomic E-state index is 0.0302. The summed E-state index contributed by atoms with van der Waals surface area (Å²) in [5.74, 6) is -0.842. The van der Waals surface area contributed by atoms with Gasteiger partial charge in [0.05, 0.1) is 12.7 Å². The molecule has 0 amide bonds. The fourth-order valence-corrected chi connectivity index (χ4v) is 5.17. The second kappa shape index (κ2) is 16.1. The van der Waals surface area contributed by atoms with Crippen molar-refractivity contribution in [3.8, 4) is 0 Å². The molecule has 2 rings (SSSR count). The van der Waals surface area contributed by atoms with Gasteiger partial charge in [0.15, 0.2) is 11.8 Å². The molecule has 0 saturated carbocycles. The number of rotatable bonds is 17. The molecule has 0 radical (unpaired) electrons. The third-order valence-electron chi connectivity index (χ3n) is 6.09. The number of alkyl halides is 1. The van der Waals surface area contributed by atoms with Crippen LogP contribution >= 0.6 is 15.4 Å². The van der Waals surface area contributed by atoms with Gasteiger partial charge in [0.25, 0.3) is 5.56 Å². The van der Waals surface area contributed by atoms with Crippen LogP contribution < -0.4 is 11.2 Å². The third kappa shape index (κ3) is 10.8. The number of phosphoric acid groups is 1. The van der Waals surface area contributed by atoms with Crippen molar-refractivity contribution in [2.45, 2.75) is 77.4 Å². The normalized spacial score (nSPS) is 25.7. The molecule has 22 heteroatoms. The Balaban J connectivity index is 2.33. The van der Waals surface area contributed by atoms with Crippen molar-refractivity contribution < 1.29 is 75.3 Å². The molecule has 1 aliphatic rings. The van der Waals surface area contributed by atoms with Crippen molar-refractivity contribution in [1.82, 2.24) is 9.13 Å². The van der Waals surface area contributed by atoms with E-state index in [1.807, 2.05) is 0 Å². The summed E-state index contributed by atoms with van der Waals surface area (Å²) >= 11 is 0. The van der Waals surface area contributed by atoms with Gasteiger partial charge in [0.2, 0.25) is 13.6 Å². The Kier molecular flexibility index (Phi) is 13.8. The number of nitrogens with zero attached hydrogens (tertiary/aromatic N) is 2. The van der Waals surface area contributed by atoms with E-state index in [9.17, 15) is 47.8 Å². The van der Waals surface area contributed by atoms with Crippen LogP contribution in [-0.4, -0.2) is 93.3 Å². The summed E-state index contributed by atoms with van der Waals surface area (Å²) < 4.78 is 79.9. The second-order valence-electron chi connectivity index (χ2n) is 11.0. The molecular weight excluding hydrogens is 669 g/mol. The fraction of sp³-hybridized carbons (Fsp3) is 0.750. The Hall–Kier alpha value is -2.51. The van der Waals surface area contributed by atoms with E-state index in [0.29, 0.717) is 9.13 Å². The lowest BCUT2D eigenvalue weighted by molar-refractivity contribution is -0.155. The number of aliphatic hydroxyl groups excluding tert-OH is 1. The molecule has 1 fully saturated rings.